The summed E-state index contributed by atoms with van der Waals surface area (Å²) in [6.07, 6.45) is 4.74. The summed E-state index contributed by atoms with van der Waals surface area (Å²) in [5, 5.41) is 1.36. The number of nitrogens with one attached hydrogen (secondary N) is 1. The van der Waals surface area contributed by atoms with Crippen LogP contribution in [0.1, 0.15) is 37.1 Å². The highest BCUT2D eigenvalue weighted by Gasteiger charge is 2.38. The summed E-state index contributed by atoms with van der Waals surface area (Å²) in [7, 11) is 1.48. The van der Waals surface area contributed by atoms with Gasteiger partial charge in [-0.05, 0) is 37.3 Å². The third-order valence-electron chi connectivity index (χ3n) is 5.70. The number of rotatable bonds is 2. The monoisotopic (exact) mass is 324 g/mol. The minimum atomic E-state index is -0.111. The van der Waals surface area contributed by atoms with Crippen molar-refractivity contribution in [3.8, 4) is 0 Å². The maximum absolute atomic E-state index is 11.8. The molecule has 126 valence electrons. The fraction of sp³-hybridized carbons (Fsp3) is 0.450. The first-order valence-electron chi connectivity index (χ1n) is 8.76. The molecule has 0 aliphatic carbocycles. The fourth-order valence-corrected chi connectivity index (χ4v) is 4.44. The number of fused-ring (bicyclic) bond motifs is 5. The highest BCUT2D eigenvalue weighted by atomic mass is 16.5. The standard InChI is InChI=1S/C20H24N2O2/c1-3-13-12-22-9-8-16-15-6-4-5-7-17(15)21-20(16)18(22)10-14(13)11-19(23)24-2/h3-7,14,18,21H,8-12H2,1-2H3/b13-3+/t14-,18-/m0/s1. The van der Waals surface area contributed by atoms with Gasteiger partial charge in [-0.1, -0.05) is 29.8 Å². The zero-order valence-electron chi connectivity index (χ0n) is 14.3. The van der Waals surface area contributed by atoms with Gasteiger partial charge in [0.15, 0.2) is 0 Å². The highest BCUT2D eigenvalue weighted by Crippen LogP contribution is 2.43. The van der Waals surface area contributed by atoms with Crippen LogP contribution < -0.4 is 0 Å². The molecule has 4 heteroatoms. The Labute approximate surface area is 142 Å². The largest absolute Gasteiger partial charge is 0.469 e. The third-order valence-corrected chi connectivity index (χ3v) is 5.70. The molecule has 0 spiro atoms. The number of H-pyrrole nitrogens is 1. The number of ether oxygens (including phenoxy) is 1. The van der Waals surface area contributed by atoms with E-state index in [4.69, 9.17) is 4.74 Å². The van der Waals surface area contributed by atoms with E-state index in [2.05, 4.69) is 47.1 Å². The SMILES string of the molecule is C/C=C1\CN2CCc3c([nH]c4ccccc34)[C@@H]2C[C@H]1CC(=O)OC. The normalized spacial score (nSPS) is 25.5. The number of piperidine rings is 1. The molecule has 0 unspecified atom stereocenters. The van der Waals surface area contributed by atoms with Gasteiger partial charge >= 0.3 is 5.97 Å². The highest BCUT2D eigenvalue weighted by molar-refractivity contribution is 5.85. The number of aromatic nitrogens is 1. The summed E-state index contributed by atoms with van der Waals surface area (Å²) in [6.45, 7) is 4.12. The number of hydrogen-bond donors (Lipinski definition) is 1. The predicted molar refractivity (Wildman–Crippen MR) is 94.8 cm³/mol. The number of hydrogen-bond acceptors (Lipinski definition) is 3. The van der Waals surface area contributed by atoms with Crippen molar-refractivity contribution in [2.45, 2.75) is 32.2 Å². The molecule has 24 heavy (non-hydrogen) atoms. The molecular weight excluding hydrogens is 300 g/mol. The van der Waals surface area contributed by atoms with E-state index in [1.807, 2.05) is 0 Å². The summed E-state index contributed by atoms with van der Waals surface area (Å²) < 4.78 is 4.91. The first-order chi connectivity index (χ1) is 11.7. The van der Waals surface area contributed by atoms with Crippen LogP contribution in [0.4, 0.5) is 0 Å². The Hall–Kier alpha value is -2.07. The third kappa shape index (κ3) is 2.46. The Kier molecular flexibility index (Phi) is 3.93. The van der Waals surface area contributed by atoms with Gasteiger partial charge in [-0.15, -0.1) is 0 Å². The van der Waals surface area contributed by atoms with Crippen molar-refractivity contribution in [3.63, 3.8) is 0 Å². The summed E-state index contributed by atoms with van der Waals surface area (Å²) in [6, 6.07) is 8.94. The number of allylic oxidation sites excluding steroid dienone is 1. The van der Waals surface area contributed by atoms with Gasteiger partial charge < -0.3 is 9.72 Å². The molecule has 1 aromatic carbocycles. The smallest absolute Gasteiger partial charge is 0.306 e. The molecule has 1 aromatic heterocycles. The first-order valence-corrected chi connectivity index (χ1v) is 8.76. The molecule has 1 saturated heterocycles. The molecule has 0 amide bonds. The predicted octanol–water partition coefficient (Wildman–Crippen LogP) is 3.60. The van der Waals surface area contributed by atoms with Crippen molar-refractivity contribution in [3.05, 3.63) is 47.2 Å². The van der Waals surface area contributed by atoms with E-state index in [1.54, 1.807) is 0 Å². The van der Waals surface area contributed by atoms with E-state index in [9.17, 15) is 4.79 Å². The van der Waals surface area contributed by atoms with Crippen LogP contribution in [0.3, 0.4) is 0 Å². The molecule has 3 heterocycles. The molecule has 4 nitrogen and oxygen atoms in total. The number of carbonyl (C=O) groups is 1. The van der Waals surface area contributed by atoms with Crippen LogP contribution in [0.2, 0.25) is 0 Å². The Morgan fingerprint density at radius 2 is 2.25 bits per heavy atom. The lowest BCUT2D eigenvalue weighted by Gasteiger charge is -2.43. The molecule has 1 fully saturated rings. The molecule has 2 aliphatic rings. The van der Waals surface area contributed by atoms with Crippen LogP contribution in [0.5, 0.6) is 0 Å². The molecule has 2 aliphatic heterocycles. The number of para-hydroxylation sites is 1. The fourth-order valence-electron chi connectivity index (χ4n) is 4.44. The summed E-state index contributed by atoms with van der Waals surface area (Å²) in [5.74, 6) is 0.168. The minimum absolute atomic E-state index is 0.111. The second-order valence-electron chi connectivity index (χ2n) is 6.88. The van der Waals surface area contributed by atoms with E-state index in [-0.39, 0.29) is 11.9 Å². The summed E-state index contributed by atoms with van der Waals surface area (Å²) in [4.78, 5) is 18.0. The van der Waals surface area contributed by atoms with Crippen LogP contribution in [-0.2, 0) is 16.0 Å². The molecule has 2 aromatic rings. The van der Waals surface area contributed by atoms with Crippen molar-refractivity contribution in [2.24, 2.45) is 5.92 Å². The Balaban J connectivity index is 1.69. The van der Waals surface area contributed by atoms with Crippen LogP contribution in [-0.4, -0.2) is 36.1 Å². The molecule has 0 radical (unpaired) electrons. The van der Waals surface area contributed by atoms with E-state index in [0.29, 0.717) is 12.5 Å². The van der Waals surface area contributed by atoms with Gasteiger partial charge in [0.05, 0.1) is 19.6 Å². The van der Waals surface area contributed by atoms with Gasteiger partial charge in [0.25, 0.3) is 0 Å². The zero-order chi connectivity index (χ0) is 16.7. The second-order valence-corrected chi connectivity index (χ2v) is 6.88. The second kappa shape index (κ2) is 6.10. The number of carbonyl (C=O) groups excluding carboxylic acids is 1. The zero-order valence-corrected chi connectivity index (χ0v) is 14.3. The number of benzene rings is 1. The molecule has 2 atom stereocenters. The van der Waals surface area contributed by atoms with Crippen molar-refractivity contribution in [1.29, 1.82) is 0 Å². The number of aromatic amines is 1. The van der Waals surface area contributed by atoms with Gasteiger partial charge in [-0.2, -0.15) is 0 Å². The summed E-state index contributed by atoms with van der Waals surface area (Å²) in [5.41, 5.74) is 5.42. The van der Waals surface area contributed by atoms with Gasteiger partial charge in [0, 0.05) is 29.7 Å². The number of nitrogens with zero attached hydrogens (tertiary/aromatic N) is 1. The van der Waals surface area contributed by atoms with Crippen molar-refractivity contribution >= 4 is 16.9 Å². The lowest BCUT2D eigenvalue weighted by molar-refractivity contribution is -0.141. The Morgan fingerprint density at radius 1 is 1.42 bits per heavy atom. The van der Waals surface area contributed by atoms with E-state index in [0.717, 1.165) is 25.9 Å². The Morgan fingerprint density at radius 3 is 3.04 bits per heavy atom. The van der Waals surface area contributed by atoms with E-state index in [1.165, 1.54) is 34.8 Å². The van der Waals surface area contributed by atoms with Gasteiger partial charge in [-0.25, -0.2) is 0 Å². The van der Waals surface area contributed by atoms with Gasteiger partial charge in [0.1, 0.15) is 0 Å². The van der Waals surface area contributed by atoms with Crippen LogP contribution >= 0.6 is 0 Å². The number of esters is 1. The van der Waals surface area contributed by atoms with Crippen LogP contribution in [0.15, 0.2) is 35.9 Å². The molecular formula is C20H24N2O2. The average molecular weight is 324 g/mol. The summed E-state index contributed by atoms with van der Waals surface area (Å²) >= 11 is 0. The number of methoxy groups -OCH3 is 1. The van der Waals surface area contributed by atoms with Crippen LogP contribution in [0, 0.1) is 5.92 Å². The lowest BCUT2D eigenvalue weighted by atomic mass is 9.80. The maximum atomic E-state index is 11.8. The van der Waals surface area contributed by atoms with Crippen molar-refractivity contribution < 1.29 is 9.53 Å². The maximum Gasteiger partial charge on any atom is 0.306 e. The van der Waals surface area contributed by atoms with E-state index >= 15 is 0 Å². The van der Waals surface area contributed by atoms with Gasteiger partial charge in [0.2, 0.25) is 0 Å². The van der Waals surface area contributed by atoms with Gasteiger partial charge in [-0.3, -0.25) is 9.69 Å². The van der Waals surface area contributed by atoms with Crippen molar-refractivity contribution in [1.82, 2.24) is 9.88 Å². The van der Waals surface area contributed by atoms with Crippen LogP contribution in [0.25, 0.3) is 10.9 Å². The first kappa shape index (κ1) is 15.5. The Bertz CT molecular complexity index is 805. The average Bonchev–Trinajstić information content (AvgIpc) is 3.00. The molecule has 0 bridgehead atoms. The topological polar surface area (TPSA) is 45.3 Å². The lowest BCUT2D eigenvalue weighted by Crippen LogP contribution is -2.43. The molecule has 0 saturated carbocycles. The van der Waals surface area contributed by atoms with E-state index < -0.39 is 0 Å². The minimum Gasteiger partial charge on any atom is -0.469 e. The molecule has 1 N–H and O–H groups in total. The molecule has 4 rings (SSSR count). The van der Waals surface area contributed by atoms with Crippen molar-refractivity contribution in [2.75, 3.05) is 20.2 Å². The quantitative estimate of drug-likeness (QED) is 0.678.